The zero-order valence-corrected chi connectivity index (χ0v) is 27.5. The largest absolute Gasteiger partial charge is 0.491 e. The number of nitrogens with zero attached hydrogens (tertiary/aromatic N) is 3. The minimum absolute atomic E-state index is 0.0459. The summed E-state index contributed by atoms with van der Waals surface area (Å²) < 4.78 is 86.0. The fourth-order valence-corrected chi connectivity index (χ4v) is 5.55. The summed E-state index contributed by atoms with van der Waals surface area (Å²) in [5.41, 5.74) is -1.04. The number of benzene rings is 2. The van der Waals surface area contributed by atoms with Crippen LogP contribution in [0.1, 0.15) is 47.1 Å². The molecule has 45 heavy (non-hydrogen) atoms. The summed E-state index contributed by atoms with van der Waals surface area (Å²) in [7, 11) is -1.98. The van der Waals surface area contributed by atoms with E-state index < -0.39 is 71.7 Å². The van der Waals surface area contributed by atoms with Crippen LogP contribution in [0.15, 0.2) is 42.5 Å². The molecule has 3 unspecified atom stereocenters. The molecular weight excluding hydrogens is 615 g/mol. The number of thiol groups is 1. The van der Waals surface area contributed by atoms with E-state index in [9.17, 15) is 22.4 Å². The average molecular weight is 658 g/mol. The summed E-state index contributed by atoms with van der Waals surface area (Å²) in [6.07, 6.45) is -3.71. The molecule has 2 aromatic carbocycles. The van der Waals surface area contributed by atoms with Gasteiger partial charge < -0.3 is 24.0 Å². The second-order valence-corrected chi connectivity index (χ2v) is 13.7. The van der Waals surface area contributed by atoms with Crippen molar-refractivity contribution in [1.82, 2.24) is 14.1 Å². The molecule has 1 heterocycles. The van der Waals surface area contributed by atoms with E-state index in [0.29, 0.717) is 15.6 Å². The SMILES string of the molecule is CN(CCOc1ccccc1-c1cccc(CC2C(N(CF)[SH](=O)=O)C(F)CN2C(=O)OC(C)(C)C)c1F)C(=O)OC(C)(C)C. The van der Waals surface area contributed by atoms with Gasteiger partial charge in [-0.15, -0.1) is 0 Å². The van der Waals surface area contributed by atoms with Gasteiger partial charge in [0.1, 0.15) is 35.5 Å². The Hall–Kier alpha value is -3.52. The van der Waals surface area contributed by atoms with Crippen LogP contribution in [0.4, 0.5) is 22.8 Å². The number of carbonyl (C=O) groups is 2. The zero-order chi connectivity index (χ0) is 33.7. The summed E-state index contributed by atoms with van der Waals surface area (Å²) in [6, 6.07) is 8.34. The lowest BCUT2D eigenvalue weighted by atomic mass is 9.95. The number of rotatable bonds is 10. The van der Waals surface area contributed by atoms with E-state index >= 15 is 8.78 Å². The summed E-state index contributed by atoms with van der Waals surface area (Å²) in [6.45, 7) is 8.30. The molecule has 14 heteroatoms. The minimum Gasteiger partial charge on any atom is -0.491 e. The third-order valence-electron chi connectivity index (χ3n) is 6.92. The Morgan fingerprint density at radius 1 is 0.978 bits per heavy atom. The quantitative estimate of drug-likeness (QED) is 0.271. The molecule has 0 radical (unpaired) electrons. The number of para-hydroxylation sites is 1. The Morgan fingerprint density at radius 2 is 1.60 bits per heavy atom. The molecule has 2 aromatic rings. The van der Waals surface area contributed by atoms with E-state index in [2.05, 4.69) is 0 Å². The fourth-order valence-electron chi connectivity index (χ4n) is 4.95. The lowest BCUT2D eigenvalue weighted by molar-refractivity contribution is 0.0195. The highest BCUT2D eigenvalue weighted by molar-refractivity contribution is 7.69. The normalized spacial score (nSPS) is 18.8. The molecule has 1 saturated heterocycles. The highest BCUT2D eigenvalue weighted by atomic mass is 32.2. The Balaban J connectivity index is 1.91. The molecule has 0 N–H and O–H groups in total. The second-order valence-electron chi connectivity index (χ2n) is 12.7. The third-order valence-corrected chi connectivity index (χ3v) is 7.71. The lowest BCUT2D eigenvalue weighted by Crippen LogP contribution is -2.50. The van der Waals surface area contributed by atoms with Crippen molar-refractivity contribution in [3.63, 3.8) is 0 Å². The molecule has 0 spiro atoms. The van der Waals surface area contributed by atoms with Gasteiger partial charge in [0.05, 0.1) is 25.2 Å². The lowest BCUT2D eigenvalue weighted by Gasteiger charge is -2.32. The predicted molar refractivity (Wildman–Crippen MR) is 163 cm³/mol. The third kappa shape index (κ3) is 9.49. The first-order valence-corrected chi connectivity index (χ1v) is 15.6. The molecule has 250 valence electrons. The number of amides is 2. The molecule has 3 rings (SSSR count). The molecule has 1 aliphatic rings. The second kappa shape index (κ2) is 14.7. The molecule has 2 amide bonds. The van der Waals surface area contributed by atoms with Gasteiger partial charge in [-0.2, -0.15) is 4.31 Å². The minimum atomic E-state index is -3.55. The number of hydrogen-bond acceptors (Lipinski definition) is 7. The Kier molecular flexibility index (Phi) is 11.8. The maximum atomic E-state index is 16.2. The number of likely N-dealkylation sites (tertiary alicyclic amines) is 1. The van der Waals surface area contributed by atoms with Crippen molar-refractivity contribution in [1.29, 1.82) is 0 Å². The van der Waals surface area contributed by atoms with E-state index in [4.69, 9.17) is 14.2 Å². The van der Waals surface area contributed by atoms with Crippen molar-refractivity contribution >= 4 is 23.1 Å². The van der Waals surface area contributed by atoms with Gasteiger partial charge in [0.25, 0.3) is 0 Å². The zero-order valence-electron chi connectivity index (χ0n) is 26.6. The van der Waals surface area contributed by atoms with Crippen LogP contribution in [0.3, 0.4) is 0 Å². The molecule has 0 aromatic heterocycles. The van der Waals surface area contributed by atoms with Crippen LogP contribution < -0.4 is 4.74 Å². The predicted octanol–water partition coefficient (Wildman–Crippen LogP) is 5.36. The summed E-state index contributed by atoms with van der Waals surface area (Å²) >= 11 is 0. The number of halogens is 3. The maximum absolute atomic E-state index is 16.2. The van der Waals surface area contributed by atoms with Gasteiger partial charge in [0, 0.05) is 18.2 Å². The molecule has 3 atom stereocenters. The fraction of sp³-hybridized carbons (Fsp3) is 0.548. The molecular formula is C31H42F3N3O7S. The van der Waals surface area contributed by atoms with E-state index in [1.807, 2.05) is 0 Å². The number of likely N-dealkylation sites (N-methyl/N-ethyl adjacent to an activating group) is 1. The number of hydrogen-bond donors (Lipinski definition) is 1. The molecule has 0 aliphatic carbocycles. The van der Waals surface area contributed by atoms with Crippen LogP contribution >= 0.6 is 0 Å². The number of carbonyl (C=O) groups excluding carboxylic acids is 2. The average Bonchev–Trinajstić information content (AvgIpc) is 3.24. The first-order chi connectivity index (χ1) is 20.9. The number of alkyl halides is 2. The van der Waals surface area contributed by atoms with Crippen LogP contribution in [0.25, 0.3) is 11.1 Å². The summed E-state index contributed by atoms with van der Waals surface area (Å²) in [5.74, 6) is -0.376. The van der Waals surface area contributed by atoms with Crippen LogP contribution in [0, 0.1) is 5.82 Å². The molecule has 10 nitrogen and oxygen atoms in total. The van der Waals surface area contributed by atoms with Crippen molar-refractivity contribution in [2.24, 2.45) is 0 Å². The van der Waals surface area contributed by atoms with Gasteiger partial charge in [0.2, 0.25) is 10.9 Å². The van der Waals surface area contributed by atoms with Crippen LogP contribution in [-0.4, -0.2) is 97.7 Å². The van der Waals surface area contributed by atoms with Crippen molar-refractivity contribution in [3.8, 4) is 16.9 Å². The van der Waals surface area contributed by atoms with Gasteiger partial charge >= 0.3 is 12.2 Å². The Bertz CT molecular complexity index is 1420. The van der Waals surface area contributed by atoms with E-state index in [-0.39, 0.29) is 30.7 Å². The van der Waals surface area contributed by atoms with Crippen molar-refractivity contribution < 1.29 is 45.4 Å². The van der Waals surface area contributed by atoms with Gasteiger partial charge in [-0.1, -0.05) is 36.4 Å². The highest BCUT2D eigenvalue weighted by Gasteiger charge is 2.49. The van der Waals surface area contributed by atoms with Gasteiger partial charge in [-0.05, 0) is 59.6 Å². The van der Waals surface area contributed by atoms with Crippen LogP contribution in [0.2, 0.25) is 0 Å². The Morgan fingerprint density at radius 3 is 2.20 bits per heavy atom. The highest BCUT2D eigenvalue weighted by Crippen LogP contribution is 2.36. The first kappa shape index (κ1) is 36.0. The van der Waals surface area contributed by atoms with Crippen LogP contribution in [0.5, 0.6) is 5.75 Å². The molecule has 0 bridgehead atoms. The standard InChI is InChI=1S/C31H42F3N3O7S/c1-30(2,3)43-28(38)35(7)15-16-42-25-14-9-8-12-21(25)22-13-10-11-20(26(22)34)17-24-27(37(19-32)45(40)41)23(33)18-36(24)29(39)44-31(4,5)6/h8-14,23-24,27,45H,15-19H2,1-7H3. The number of ether oxygens (including phenoxy) is 3. The van der Waals surface area contributed by atoms with E-state index in [1.54, 1.807) is 78.9 Å². The maximum Gasteiger partial charge on any atom is 0.410 e. The van der Waals surface area contributed by atoms with Gasteiger partial charge in [0.15, 0.2) is 6.80 Å². The van der Waals surface area contributed by atoms with E-state index in [1.165, 1.54) is 17.0 Å². The summed E-state index contributed by atoms with van der Waals surface area (Å²) in [5, 5.41) is 0. The molecule has 0 saturated carbocycles. The van der Waals surface area contributed by atoms with Crippen molar-refractivity contribution in [3.05, 3.63) is 53.8 Å². The topological polar surface area (TPSA) is 106 Å². The smallest absolute Gasteiger partial charge is 0.410 e. The van der Waals surface area contributed by atoms with E-state index in [0.717, 1.165) is 4.90 Å². The van der Waals surface area contributed by atoms with Crippen molar-refractivity contribution in [2.45, 2.75) is 77.4 Å². The van der Waals surface area contributed by atoms with Crippen LogP contribution in [-0.2, 0) is 26.8 Å². The Labute approximate surface area is 264 Å². The summed E-state index contributed by atoms with van der Waals surface area (Å²) in [4.78, 5) is 27.7. The van der Waals surface area contributed by atoms with Gasteiger partial charge in [-0.25, -0.2) is 31.2 Å². The molecule has 1 fully saturated rings. The molecule has 1 aliphatic heterocycles. The van der Waals surface area contributed by atoms with Gasteiger partial charge in [-0.3, -0.25) is 0 Å². The monoisotopic (exact) mass is 657 g/mol. The van der Waals surface area contributed by atoms with Crippen molar-refractivity contribution in [2.75, 3.05) is 33.5 Å². The first-order valence-electron chi connectivity index (χ1n) is 14.5.